The number of carbonyl (C=O) groups excluding carboxylic acids is 1. The number of amides is 1. The fraction of sp³-hybridized carbons (Fsp3) is 0.417. The Morgan fingerprint density at radius 1 is 1.50 bits per heavy atom. The molecule has 0 unspecified atom stereocenters. The van der Waals surface area contributed by atoms with Crippen molar-refractivity contribution < 1.29 is 9.53 Å². The maximum atomic E-state index is 10.5. The van der Waals surface area contributed by atoms with Crippen molar-refractivity contribution in [1.82, 2.24) is 14.4 Å². The molecule has 0 atom stereocenters. The molecule has 2 heterocycles. The number of imidazole rings is 1. The van der Waals surface area contributed by atoms with Crippen molar-refractivity contribution in [3.8, 4) is 0 Å². The summed E-state index contributed by atoms with van der Waals surface area (Å²) in [6.07, 6.45) is 5.44. The summed E-state index contributed by atoms with van der Waals surface area (Å²) in [5, 5.41) is 6.29. The number of anilines is 2. The van der Waals surface area contributed by atoms with Gasteiger partial charge in [-0.05, 0) is 6.92 Å². The van der Waals surface area contributed by atoms with Crippen LogP contribution in [-0.4, -0.2) is 46.6 Å². The van der Waals surface area contributed by atoms with Gasteiger partial charge in [-0.3, -0.25) is 4.79 Å². The first-order valence-electron chi connectivity index (χ1n) is 6.38. The lowest BCUT2D eigenvalue weighted by Crippen LogP contribution is -2.21. The van der Waals surface area contributed by atoms with E-state index in [0.29, 0.717) is 19.0 Å². The molecule has 0 saturated heterocycles. The molecule has 0 bridgehead atoms. The summed E-state index contributed by atoms with van der Waals surface area (Å²) in [6.45, 7) is 3.59. The average Bonchev–Trinajstić information content (AvgIpc) is 2.86. The van der Waals surface area contributed by atoms with Gasteiger partial charge in [0.2, 0.25) is 5.91 Å². The average molecular weight is 278 g/mol. The summed E-state index contributed by atoms with van der Waals surface area (Å²) in [5.41, 5.74) is 5.72. The second-order valence-electron chi connectivity index (χ2n) is 4.11. The Hall–Kier alpha value is -2.35. The molecule has 2 aromatic heterocycles. The van der Waals surface area contributed by atoms with Crippen LogP contribution in [0.15, 0.2) is 18.6 Å². The van der Waals surface area contributed by atoms with Crippen molar-refractivity contribution in [3.05, 3.63) is 18.6 Å². The van der Waals surface area contributed by atoms with E-state index in [1.165, 1.54) is 0 Å². The number of fused-ring (bicyclic) bond motifs is 1. The van der Waals surface area contributed by atoms with Crippen LogP contribution < -0.4 is 16.4 Å². The van der Waals surface area contributed by atoms with Gasteiger partial charge in [-0.15, -0.1) is 0 Å². The molecular formula is C12H18N6O2. The zero-order valence-electron chi connectivity index (χ0n) is 11.3. The first kappa shape index (κ1) is 14.1. The van der Waals surface area contributed by atoms with E-state index in [2.05, 4.69) is 20.6 Å². The number of hydrogen-bond donors (Lipinski definition) is 3. The fourth-order valence-electron chi connectivity index (χ4n) is 1.73. The van der Waals surface area contributed by atoms with Crippen LogP contribution in [0, 0.1) is 0 Å². The van der Waals surface area contributed by atoms with Gasteiger partial charge < -0.3 is 25.5 Å². The molecule has 0 saturated carbocycles. The lowest BCUT2D eigenvalue weighted by Gasteiger charge is -2.10. The Morgan fingerprint density at radius 2 is 2.35 bits per heavy atom. The molecule has 0 spiro atoms. The zero-order chi connectivity index (χ0) is 14.4. The van der Waals surface area contributed by atoms with E-state index in [1.807, 2.05) is 23.7 Å². The van der Waals surface area contributed by atoms with Crippen molar-refractivity contribution in [2.75, 3.05) is 36.9 Å². The standard InChI is InChI=1S/C12H18N6O2/c1-2-14-10-7-18-5-3-16-12(18)11(17-10)15-4-6-20-8-9(13)19/h3,5,7,14H,2,4,6,8H2,1H3,(H2,13,19)(H,15,17). The summed E-state index contributed by atoms with van der Waals surface area (Å²) in [4.78, 5) is 19.2. The van der Waals surface area contributed by atoms with E-state index in [-0.39, 0.29) is 6.61 Å². The number of ether oxygens (including phenoxy) is 1. The van der Waals surface area contributed by atoms with Crippen molar-refractivity contribution in [1.29, 1.82) is 0 Å². The molecule has 0 aliphatic rings. The van der Waals surface area contributed by atoms with Crippen LogP contribution >= 0.6 is 0 Å². The molecular weight excluding hydrogens is 260 g/mol. The third-order valence-electron chi connectivity index (χ3n) is 2.52. The molecule has 2 aromatic rings. The highest BCUT2D eigenvalue weighted by Crippen LogP contribution is 2.15. The Bertz CT molecular complexity index is 582. The first-order valence-corrected chi connectivity index (χ1v) is 6.38. The predicted octanol–water partition coefficient (Wildman–Crippen LogP) is 0.0749. The van der Waals surface area contributed by atoms with Gasteiger partial charge in [0.1, 0.15) is 12.4 Å². The van der Waals surface area contributed by atoms with Crippen LogP contribution in [0.4, 0.5) is 11.6 Å². The molecule has 0 radical (unpaired) electrons. The molecule has 20 heavy (non-hydrogen) atoms. The molecule has 2 rings (SSSR count). The zero-order valence-corrected chi connectivity index (χ0v) is 11.3. The molecule has 1 amide bonds. The first-order chi connectivity index (χ1) is 9.70. The molecule has 0 aromatic carbocycles. The number of aromatic nitrogens is 3. The van der Waals surface area contributed by atoms with Gasteiger partial charge in [0.15, 0.2) is 11.5 Å². The lowest BCUT2D eigenvalue weighted by molar-refractivity contribution is -0.122. The number of nitrogens with one attached hydrogen (secondary N) is 2. The molecule has 8 nitrogen and oxygen atoms in total. The minimum atomic E-state index is -0.479. The number of primary amides is 1. The molecule has 0 fully saturated rings. The second kappa shape index (κ2) is 6.71. The number of hydrogen-bond acceptors (Lipinski definition) is 6. The van der Waals surface area contributed by atoms with E-state index in [9.17, 15) is 4.79 Å². The Morgan fingerprint density at radius 3 is 3.10 bits per heavy atom. The van der Waals surface area contributed by atoms with Crippen molar-refractivity contribution in [3.63, 3.8) is 0 Å². The summed E-state index contributed by atoms with van der Waals surface area (Å²) in [6, 6.07) is 0. The van der Waals surface area contributed by atoms with E-state index < -0.39 is 5.91 Å². The largest absolute Gasteiger partial charge is 0.370 e. The SMILES string of the molecule is CCNc1cn2ccnc2c(NCCOCC(N)=O)n1. The van der Waals surface area contributed by atoms with Crippen LogP contribution in [0.2, 0.25) is 0 Å². The summed E-state index contributed by atoms with van der Waals surface area (Å²) in [7, 11) is 0. The topological polar surface area (TPSA) is 107 Å². The van der Waals surface area contributed by atoms with E-state index in [0.717, 1.165) is 18.0 Å². The maximum Gasteiger partial charge on any atom is 0.243 e. The van der Waals surface area contributed by atoms with Crippen molar-refractivity contribution in [2.24, 2.45) is 5.73 Å². The highest BCUT2D eigenvalue weighted by molar-refractivity contribution is 5.75. The van der Waals surface area contributed by atoms with Crippen LogP contribution in [0.3, 0.4) is 0 Å². The quantitative estimate of drug-likeness (QED) is 0.590. The monoisotopic (exact) mass is 278 g/mol. The third kappa shape index (κ3) is 3.58. The number of rotatable bonds is 8. The van der Waals surface area contributed by atoms with E-state index in [1.54, 1.807) is 6.20 Å². The molecule has 108 valence electrons. The predicted molar refractivity (Wildman–Crippen MR) is 75.7 cm³/mol. The molecule has 4 N–H and O–H groups in total. The van der Waals surface area contributed by atoms with Gasteiger partial charge in [0.25, 0.3) is 0 Å². The summed E-state index contributed by atoms with van der Waals surface area (Å²) in [5.74, 6) is 0.947. The lowest BCUT2D eigenvalue weighted by atomic mass is 10.5. The van der Waals surface area contributed by atoms with Gasteiger partial charge >= 0.3 is 0 Å². The highest BCUT2D eigenvalue weighted by atomic mass is 16.5. The van der Waals surface area contributed by atoms with Gasteiger partial charge in [0.05, 0.1) is 12.8 Å². The van der Waals surface area contributed by atoms with Crippen LogP contribution in [-0.2, 0) is 9.53 Å². The number of nitrogens with zero attached hydrogens (tertiary/aromatic N) is 3. The fourth-order valence-corrected chi connectivity index (χ4v) is 1.73. The van der Waals surface area contributed by atoms with Crippen LogP contribution in [0.25, 0.3) is 5.65 Å². The van der Waals surface area contributed by atoms with Crippen LogP contribution in [0.1, 0.15) is 6.92 Å². The van der Waals surface area contributed by atoms with Gasteiger partial charge in [-0.1, -0.05) is 0 Å². The second-order valence-corrected chi connectivity index (χ2v) is 4.11. The van der Waals surface area contributed by atoms with Crippen LogP contribution in [0.5, 0.6) is 0 Å². The van der Waals surface area contributed by atoms with Gasteiger partial charge in [-0.25, -0.2) is 9.97 Å². The number of nitrogens with two attached hydrogens (primary N) is 1. The highest BCUT2D eigenvalue weighted by Gasteiger charge is 2.06. The normalized spacial score (nSPS) is 10.7. The Labute approximate surface area is 116 Å². The van der Waals surface area contributed by atoms with Crippen molar-refractivity contribution in [2.45, 2.75) is 6.92 Å². The summed E-state index contributed by atoms with van der Waals surface area (Å²) >= 11 is 0. The Balaban J connectivity index is 2.00. The molecule has 0 aliphatic heterocycles. The molecule has 8 heteroatoms. The van der Waals surface area contributed by atoms with Gasteiger partial charge in [-0.2, -0.15) is 0 Å². The molecule has 0 aliphatic carbocycles. The Kier molecular flexibility index (Phi) is 4.72. The minimum absolute atomic E-state index is 0.0780. The smallest absolute Gasteiger partial charge is 0.243 e. The number of carbonyl (C=O) groups is 1. The third-order valence-corrected chi connectivity index (χ3v) is 2.52. The van der Waals surface area contributed by atoms with E-state index >= 15 is 0 Å². The minimum Gasteiger partial charge on any atom is -0.370 e. The van der Waals surface area contributed by atoms with Gasteiger partial charge in [0, 0.05) is 25.5 Å². The van der Waals surface area contributed by atoms with E-state index in [4.69, 9.17) is 10.5 Å². The van der Waals surface area contributed by atoms with Crippen molar-refractivity contribution >= 4 is 23.2 Å². The summed E-state index contributed by atoms with van der Waals surface area (Å²) < 4.78 is 6.97. The maximum absolute atomic E-state index is 10.5.